The Morgan fingerprint density at radius 2 is 1.75 bits per heavy atom. The van der Waals surface area contributed by atoms with Crippen LogP contribution in [0.15, 0.2) is 30.5 Å². The Morgan fingerprint density at radius 1 is 1.12 bits per heavy atom. The van der Waals surface area contributed by atoms with Gasteiger partial charge in [0, 0.05) is 50.1 Å². The van der Waals surface area contributed by atoms with Crippen LogP contribution in [0.25, 0.3) is 0 Å². The first kappa shape index (κ1) is 23.3. The molecule has 0 saturated carbocycles. The average Bonchev–Trinajstić information content (AvgIpc) is 2.77. The summed E-state index contributed by atoms with van der Waals surface area (Å²) in [5.74, 6) is -1.20. The van der Waals surface area contributed by atoms with E-state index in [2.05, 4.69) is 9.72 Å². The molecule has 1 fully saturated rings. The van der Waals surface area contributed by atoms with E-state index in [1.54, 1.807) is 4.90 Å². The number of carbonyl (C=O) groups excluding carboxylic acids is 2. The lowest BCUT2D eigenvalue weighted by atomic mass is 10.1. The van der Waals surface area contributed by atoms with E-state index in [-0.39, 0.29) is 48.1 Å². The molecule has 2 heterocycles. The van der Waals surface area contributed by atoms with Crippen LogP contribution in [0.2, 0.25) is 5.02 Å². The van der Waals surface area contributed by atoms with Gasteiger partial charge in [0.25, 0.3) is 11.6 Å². The zero-order valence-electron chi connectivity index (χ0n) is 16.6. The fourth-order valence-electron chi connectivity index (χ4n) is 3.20. The summed E-state index contributed by atoms with van der Waals surface area (Å²) in [6.45, 7) is 0.771. The highest BCUT2D eigenvalue weighted by Gasteiger charge is 2.33. The van der Waals surface area contributed by atoms with Crippen molar-refractivity contribution in [2.24, 2.45) is 0 Å². The Labute approximate surface area is 184 Å². The number of nitro groups is 1. The number of rotatable bonds is 4. The molecule has 1 aliphatic heterocycles. The monoisotopic (exact) mass is 472 g/mol. The van der Waals surface area contributed by atoms with Gasteiger partial charge in [-0.05, 0) is 12.1 Å². The molecule has 32 heavy (non-hydrogen) atoms. The minimum absolute atomic E-state index is 0.0567. The Balaban J connectivity index is 1.76. The van der Waals surface area contributed by atoms with E-state index in [9.17, 15) is 32.9 Å². The minimum atomic E-state index is -4.57. The van der Waals surface area contributed by atoms with Gasteiger partial charge < -0.3 is 14.5 Å². The summed E-state index contributed by atoms with van der Waals surface area (Å²) in [7, 11) is 1.11. The molecule has 0 unspecified atom stereocenters. The zero-order chi connectivity index (χ0) is 23.6. The van der Waals surface area contributed by atoms with Crippen LogP contribution in [-0.4, -0.2) is 60.0 Å². The zero-order valence-corrected chi connectivity index (χ0v) is 17.3. The van der Waals surface area contributed by atoms with Crippen molar-refractivity contribution < 1.29 is 32.4 Å². The van der Waals surface area contributed by atoms with Gasteiger partial charge in [-0.25, -0.2) is 9.78 Å². The van der Waals surface area contributed by atoms with Crippen LogP contribution in [0.1, 0.15) is 26.3 Å². The molecule has 0 bridgehead atoms. The topological polar surface area (TPSA) is 106 Å². The third kappa shape index (κ3) is 4.90. The van der Waals surface area contributed by atoms with Crippen molar-refractivity contribution in [1.29, 1.82) is 0 Å². The van der Waals surface area contributed by atoms with Crippen LogP contribution in [0.4, 0.5) is 24.7 Å². The summed E-state index contributed by atoms with van der Waals surface area (Å²) in [6, 6.07) is 4.08. The van der Waals surface area contributed by atoms with Gasteiger partial charge in [-0.3, -0.25) is 14.9 Å². The number of halogens is 4. The highest BCUT2D eigenvalue weighted by Crippen LogP contribution is 2.33. The van der Waals surface area contributed by atoms with Crippen molar-refractivity contribution in [2.75, 3.05) is 38.2 Å². The van der Waals surface area contributed by atoms with Crippen LogP contribution in [-0.2, 0) is 10.9 Å². The Kier molecular flexibility index (Phi) is 6.53. The summed E-state index contributed by atoms with van der Waals surface area (Å²) in [6.07, 6.45) is -3.88. The number of anilines is 1. The highest BCUT2D eigenvalue weighted by atomic mass is 35.5. The fourth-order valence-corrected chi connectivity index (χ4v) is 3.48. The number of carbonyl (C=O) groups is 2. The molecule has 1 aliphatic rings. The van der Waals surface area contributed by atoms with E-state index in [0.29, 0.717) is 6.20 Å². The van der Waals surface area contributed by atoms with E-state index in [0.717, 1.165) is 25.3 Å². The first-order valence-corrected chi connectivity index (χ1v) is 9.54. The molecule has 13 heteroatoms. The molecule has 2 aromatic rings. The summed E-state index contributed by atoms with van der Waals surface area (Å²) in [4.78, 5) is 42.0. The van der Waals surface area contributed by atoms with Gasteiger partial charge in [0.05, 0.1) is 28.2 Å². The van der Waals surface area contributed by atoms with Crippen LogP contribution >= 0.6 is 11.6 Å². The van der Waals surface area contributed by atoms with Crippen molar-refractivity contribution in [3.63, 3.8) is 0 Å². The first-order valence-electron chi connectivity index (χ1n) is 9.16. The predicted octanol–water partition coefficient (Wildman–Crippen LogP) is 3.41. The number of ether oxygens (including phenoxy) is 1. The molecule has 1 amide bonds. The number of hydrogen-bond donors (Lipinski definition) is 0. The second kappa shape index (κ2) is 8.99. The van der Waals surface area contributed by atoms with Crippen LogP contribution in [0.5, 0.6) is 0 Å². The van der Waals surface area contributed by atoms with Crippen LogP contribution < -0.4 is 4.90 Å². The number of aromatic nitrogens is 1. The maximum atomic E-state index is 12.9. The number of hydrogen-bond acceptors (Lipinski definition) is 7. The van der Waals surface area contributed by atoms with Gasteiger partial charge in [0.2, 0.25) is 0 Å². The number of pyridine rings is 1. The van der Waals surface area contributed by atoms with E-state index in [1.807, 2.05) is 0 Å². The van der Waals surface area contributed by atoms with Gasteiger partial charge in [0.1, 0.15) is 5.82 Å². The lowest BCUT2D eigenvalue weighted by Gasteiger charge is -2.35. The Bertz CT molecular complexity index is 1070. The molecule has 0 atom stereocenters. The molecule has 9 nitrogen and oxygen atoms in total. The quantitative estimate of drug-likeness (QED) is 0.381. The molecular weight excluding hydrogens is 457 g/mol. The molecule has 0 spiro atoms. The lowest BCUT2D eigenvalue weighted by Crippen LogP contribution is -2.49. The second-order valence-electron chi connectivity index (χ2n) is 6.82. The number of non-ortho nitro benzene ring substituents is 1. The molecule has 0 N–H and O–H groups in total. The summed E-state index contributed by atoms with van der Waals surface area (Å²) >= 11 is 5.98. The lowest BCUT2D eigenvalue weighted by molar-refractivity contribution is -0.384. The van der Waals surface area contributed by atoms with Crippen molar-refractivity contribution >= 4 is 35.0 Å². The average molecular weight is 473 g/mol. The molecule has 0 aliphatic carbocycles. The molecule has 3 rings (SSSR count). The predicted molar refractivity (Wildman–Crippen MR) is 107 cm³/mol. The maximum absolute atomic E-state index is 12.9. The molecule has 0 radical (unpaired) electrons. The van der Waals surface area contributed by atoms with Crippen LogP contribution in [0.3, 0.4) is 0 Å². The second-order valence-corrected chi connectivity index (χ2v) is 7.23. The Hall–Kier alpha value is -3.41. The summed E-state index contributed by atoms with van der Waals surface area (Å²) < 4.78 is 43.0. The van der Waals surface area contributed by atoms with Gasteiger partial charge in [0.15, 0.2) is 0 Å². The van der Waals surface area contributed by atoms with E-state index < -0.39 is 34.2 Å². The highest BCUT2D eigenvalue weighted by molar-refractivity contribution is 6.33. The van der Waals surface area contributed by atoms with Crippen LogP contribution in [0, 0.1) is 10.1 Å². The summed E-state index contributed by atoms with van der Waals surface area (Å²) in [5, 5.41) is 11.0. The SMILES string of the molecule is COC(=O)c1cc(C(=O)N2CCN(c3ncc(C(F)(F)F)cc3Cl)CC2)cc([N+](=O)[O-])c1. The number of methoxy groups -OCH3 is 1. The number of nitrogens with zero attached hydrogens (tertiary/aromatic N) is 4. The van der Waals surface area contributed by atoms with Crippen molar-refractivity contribution in [1.82, 2.24) is 9.88 Å². The fraction of sp³-hybridized carbons (Fsp3) is 0.316. The smallest absolute Gasteiger partial charge is 0.417 e. The normalized spacial score (nSPS) is 14.3. The Morgan fingerprint density at radius 3 is 2.28 bits per heavy atom. The number of alkyl halides is 3. The van der Waals surface area contributed by atoms with Gasteiger partial charge >= 0.3 is 12.1 Å². The largest absolute Gasteiger partial charge is 0.465 e. The molecule has 170 valence electrons. The van der Waals surface area contributed by atoms with Crippen molar-refractivity contribution in [3.8, 4) is 0 Å². The number of benzene rings is 1. The molecule has 1 aromatic heterocycles. The first-order chi connectivity index (χ1) is 15.0. The molecule has 1 saturated heterocycles. The van der Waals surface area contributed by atoms with Gasteiger partial charge in [-0.2, -0.15) is 13.2 Å². The van der Waals surface area contributed by atoms with Gasteiger partial charge in [-0.1, -0.05) is 11.6 Å². The minimum Gasteiger partial charge on any atom is -0.465 e. The van der Waals surface area contributed by atoms with E-state index in [1.165, 1.54) is 11.0 Å². The van der Waals surface area contributed by atoms with E-state index in [4.69, 9.17) is 11.6 Å². The molecular formula is C19H16ClF3N4O5. The number of amides is 1. The standard InChI is InChI=1S/C19H16ClF3N4O5/c1-32-18(29)12-6-11(7-14(8-12)27(30)31)17(28)26-4-2-25(3-5-26)16-15(20)9-13(10-24-16)19(21,22)23/h6-10H,2-5H2,1H3. The number of esters is 1. The van der Waals surface area contributed by atoms with Crippen molar-refractivity contribution in [3.05, 3.63) is 62.3 Å². The third-order valence-electron chi connectivity index (χ3n) is 4.81. The summed E-state index contributed by atoms with van der Waals surface area (Å²) in [5.41, 5.74) is -1.59. The van der Waals surface area contributed by atoms with Gasteiger partial charge in [-0.15, -0.1) is 0 Å². The number of nitro benzene ring substituents is 1. The maximum Gasteiger partial charge on any atom is 0.417 e. The van der Waals surface area contributed by atoms with Crippen molar-refractivity contribution in [2.45, 2.75) is 6.18 Å². The third-order valence-corrected chi connectivity index (χ3v) is 5.09. The molecule has 1 aromatic carbocycles. The number of piperazine rings is 1. The van der Waals surface area contributed by atoms with E-state index >= 15 is 0 Å².